The first-order valence-electron chi connectivity index (χ1n) is 9.00. The Labute approximate surface area is 170 Å². The summed E-state index contributed by atoms with van der Waals surface area (Å²) in [7, 11) is 0. The summed E-state index contributed by atoms with van der Waals surface area (Å²) in [6.45, 7) is 6.43. The lowest BCUT2D eigenvalue weighted by Crippen LogP contribution is -2.23. The maximum absolute atomic E-state index is 12.7. The van der Waals surface area contributed by atoms with Crippen LogP contribution in [0.5, 0.6) is 0 Å². The van der Waals surface area contributed by atoms with Crippen molar-refractivity contribution in [1.82, 2.24) is 14.6 Å². The van der Waals surface area contributed by atoms with E-state index < -0.39 is 4.92 Å². The Balaban J connectivity index is 1.76. The number of nitrogens with zero attached hydrogens (tertiary/aromatic N) is 4. The van der Waals surface area contributed by atoms with Crippen molar-refractivity contribution in [2.45, 2.75) is 26.2 Å². The number of nitro groups is 1. The minimum atomic E-state index is -0.466. The molecule has 0 saturated heterocycles. The first-order valence-corrected chi connectivity index (χ1v) is 9.81. The molecule has 0 aliphatic rings. The largest absolute Gasteiger partial charge is 0.291 e. The molecule has 0 saturated carbocycles. The van der Waals surface area contributed by atoms with Crippen LogP contribution < -0.4 is 10.1 Å². The molecule has 2 heterocycles. The molecule has 8 heteroatoms. The summed E-state index contributed by atoms with van der Waals surface area (Å²) >= 11 is 1.16. The number of nitro benzene ring substituents is 1. The van der Waals surface area contributed by atoms with Crippen LogP contribution in [0.15, 0.2) is 53.3 Å². The molecule has 0 bridgehead atoms. The lowest BCUT2D eigenvalue weighted by Gasteiger charge is -2.18. The van der Waals surface area contributed by atoms with Crippen molar-refractivity contribution >= 4 is 28.1 Å². The molecule has 0 amide bonds. The Morgan fingerprint density at radius 1 is 1.10 bits per heavy atom. The summed E-state index contributed by atoms with van der Waals surface area (Å²) in [6, 6.07) is 14.3. The highest BCUT2D eigenvalue weighted by Crippen LogP contribution is 2.25. The molecular weight excluding hydrogens is 388 g/mol. The van der Waals surface area contributed by atoms with Crippen LogP contribution in [0.4, 0.5) is 5.69 Å². The zero-order valence-electron chi connectivity index (χ0n) is 16.1. The van der Waals surface area contributed by atoms with Gasteiger partial charge in [0, 0.05) is 11.6 Å². The molecule has 4 rings (SSSR count). The standard InChI is InChI=1S/C21H18N4O3S/c1-21(2,3)15-10-8-13(9-11-15)18-22-20-24(23-18)19(26)17(29-20)12-14-6-4-5-7-16(14)25(27)28/h4-12H,1-3H3/b17-12-. The number of para-hydroxylation sites is 1. The van der Waals surface area contributed by atoms with Gasteiger partial charge >= 0.3 is 0 Å². The number of fused-ring (bicyclic) bond motifs is 1. The molecule has 2 aromatic heterocycles. The minimum absolute atomic E-state index is 0.0491. The summed E-state index contributed by atoms with van der Waals surface area (Å²) in [6.07, 6.45) is 1.51. The van der Waals surface area contributed by atoms with Crippen LogP contribution in [0.2, 0.25) is 0 Å². The summed E-state index contributed by atoms with van der Waals surface area (Å²) in [5, 5.41) is 15.5. The van der Waals surface area contributed by atoms with Crippen molar-refractivity contribution in [1.29, 1.82) is 0 Å². The predicted molar refractivity (Wildman–Crippen MR) is 113 cm³/mol. The van der Waals surface area contributed by atoms with E-state index in [1.807, 2.05) is 24.3 Å². The van der Waals surface area contributed by atoms with Gasteiger partial charge in [0.25, 0.3) is 11.2 Å². The molecule has 0 atom stereocenters. The van der Waals surface area contributed by atoms with Gasteiger partial charge in [-0.3, -0.25) is 14.9 Å². The van der Waals surface area contributed by atoms with Gasteiger partial charge in [0.05, 0.1) is 15.0 Å². The van der Waals surface area contributed by atoms with Crippen molar-refractivity contribution in [2.24, 2.45) is 0 Å². The average Bonchev–Trinajstić information content (AvgIpc) is 3.21. The van der Waals surface area contributed by atoms with E-state index in [-0.39, 0.29) is 16.7 Å². The Morgan fingerprint density at radius 3 is 2.41 bits per heavy atom. The van der Waals surface area contributed by atoms with Gasteiger partial charge in [-0.1, -0.05) is 68.5 Å². The van der Waals surface area contributed by atoms with Gasteiger partial charge < -0.3 is 0 Å². The fourth-order valence-corrected chi connectivity index (χ4v) is 3.89. The van der Waals surface area contributed by atoms with Crippen LogP contribution in [0.3, 0.4) is 0 Å². The number of thiazole rings is 1. The van der Waals surface area contributed by atoms with Gasteiger partial charge in [0.2, 0.25) is 4.96 Å². The van der Waals surface area contributed by atoms with Crippen molar-refractivity contribution in [3.63, 3.8) is 0 Å². The van der Waals surface area contributed by atoms with E-state index in [9.17, 15) is 14.9 Å². The monoisotopic (exact) mass is 406 g/mol. The van der Waals surface area contributed by atoms with Crippen LogP contribution >= 0.6 is 11.3 Å². The fourth-order valence-electron chi connectivity index (χ4n) is 2.99. The predicted octanol–water partition coefficient (Wildman–Crippen LogP) is 3.57. The molecule has 0 spiro atoms. The second-order valence-corrected chi connectivity index (χ2v) is 8.70. The molecule has 146 valence electrons. The van der Waals surface area contributed by atoms with E-state index in [0.717, 1.165) is 16.9 Å². The third-order valence-electron chi connectivity index (χ3n) is 4.61. The lowest BCUT2D eigenvalue weighted by molar-refractivity contribution is -0.385. The summed E-state index contributed by atoms with van der Waals surface area (Å²) in [4.78, 5) is 28.4. The van der Waals surface area contributed by atoms with Crippen LogP contribution in [0.1, 0.15) is 31.9 Å². The Bertz CT molecular complexity index is 1330. The SMILES string of the molecule is CC(C)(C)c1ccc(-c2nc3s/c(=C\c4ccccc4[N+](=O)[O-])c(=O)n3n2)cc1. The van der Waals surface area contributed by atoms with Gasteiger partial charge in [0.15, 0.2) is 5.82 Å². The molecule has 0 aliphatic carbocycles. The van der Waals surface area contributed by atoms with Crippen molar-refractivity contribution < 1.29 is 4.92 Å². The maximum Gasteiger partial charge on any atom is 0.291 e. The second-order valence-electron chi connectivity index (χ2n) is 7.69. The summed E-state index contributed by atoms with van der Waals surface area (Å²) < 4.78 is 1.60. The smallest absolute Gasteiger partial charge is 0.266 e. The molecule has 2 aromatic carbocycles. The Morgan fingerprint density at radius 2 is 1.79 bits per heavy atom. The fraction of sp³-hybridized carbons (Fsp3) is 0.190. The molecule has 4 aromatic rings. The van der Waals surface area contributed by atoms with E-state index in [1.54, 1.807) is 18.2 Å². The highest BCUT2D eigenvalue weighted by atomic mass is 32.1. The van der Waals surface area contributed by atoms with E-state index >= 15 is 0 Å². The highest BCUT2D eigenvalue weighted by Gasteiger charge is 2.16. The molecule has 0 N–H and O–H groups in total. The molecular formula is C21H18N4O3S. The maximum atomic E-state index is 12.7. The van der Waals surface area contributed by atoms with E-state index in [4.69, 9.17) is 0 Å². The van der Waals surface area contributed by atoms with Crippen molar-refractivity contribution in [2.75, 3.05) is 0 Å². The van der Waals surface area contributed by atoms with Gasteiger partial charge in [-0.05, 0) is 23.1 Å². The quantitative estimate of drug-likeness (QED) is 0.383. The number of hydrogen-bond donors (Lipinski definition) is 0. The first-order chi connectivity index (χ1) is 13.7. The third kappa shape index (κ3) is 3.54. The van der Waals surface area contributed by atoms with Crippen LogP contribution in [-0.4, -0.2) is 19.5 Å². The molecule has 7 nitrogen and oxygen atoms in total. The Hall–Kier alpha value is -3.39. The molecule has 29 heavy (non-hydrogen) atoms. The van der Waals surface area contributed by atoms with Gasteiger partial charge in [-0.25, -0.2) is 0 Å². The average molecular weight is 406 g/mol. The normalized spacial score (nSPS) is 12.6. The molecule has 0 unspecified atom stereocenters. The van der Waals surface area contributed by atoms with E-state index in [0.29, 0.717) is 20.9 Å². The molecule has 0 fully saturated rings. The van der Waals surface area contributed by atoms with Gasteiger partial charge in [-0.2, -0.15) is 9.50 Å². The van der Waals surface area contributed by atoms with Gasteiger partial charge in [-0.15, -0.1) is 5.10 Å². The minimum Gasteiger partial charge on any atom is -0.266 e. The van der Waals surface area contributed by atoms with Crippen LogP contribution in [-0.2, 0) is 5.41 Å². The number of rotatable bonds is 3. The second kappa shape index (κ2) is 6.89. The van der Waals surface area contributed by atoms with Crippen molar-refractivity contribution in [3.05, 3.63) is 84.7 Å². The lowest BCUT2D eigenvalue weighted by atomic mass is 9.87. The topological polar surface area (TPSA) is 90.4 Å². The summed E-state index contributed by atoms with van der Waals surface area (Å²) in [5.41, 5.74) is 2.06. The van der Waals surface area contributed by atoms with Gasteiger partial charge in [0.1, 0.15) is 0 Å². The number of aromatic nitrogens is 3. The van der Waals surface area contributed by atoms with Crippen molar-refractivity contribution in [3.8, 4) is 11.4 Å². The van der Waals surface area contributed by atoms with Crippen LogP contribution in [0.25, 0.3) is 22.4 Å². The van der Waals surface area contributed by atoms with E-state index in [2.05, 4.69) is 30.9 Å². The third-order valence-corrected chi connectivity index (χ3v) is 5.57. The zero-order chi connectivity index (χ0) is 20.8. The summed E-state index contributed by atoms with van der Waals surface area (Å²) in [5.74, 6) is 0.478. The zero-order valence-corrected chi connectivity index (χ0v) is 16.9. The highest BCUT2D eigenvalue weighted by molar-refractivity contribution is 7.15. The number of hydrogen-bond acceptors (Lipinski definition) is 6. The van der Waals surface area contributed by atoms with Crippen LogP contribution in [0, 0.1) is 10.1 Å². The molecule has 0 aliphatic heterocycles. The Kier molecular flexibility index (Phi) is 4.50. The first kappa shape index (κ1) is 18.9. The number of benzene rings is 2. The molecule has 0 radical (unpaired) electrons. The van der Waals surface area contributed by atoms with E-state index in [1.165, 1.54) is 22.2 Å².